The van der Waals surface area contributed by atoms with Gasteiger partial charge in [0.15, 0.2) is 11.5 Å². The van der Waals surface area contributed by atoms with Crippen molar-refractivity contribution in [2.75, 3.05) is 24.8 Å². The normalized spacial score (nSPS) is 22.7. The van der Waals surface area contributed by atoms with Gasteiger partial charge in [-0.2, -0.15) is 0 Å². The molecule has 1 fully saturated rings. The zero-order valence-corrected chi connectivity index (χ0v) is 19.1. The second-order valence-electron chi connectivity index (χ2n) is 8.68. The molecule has 2 N–H and O–H groups in total. The Morgan fingerprint density at radius 2 is 1.79 bits per heavy atom. The monoisotopic (exact) mass is 463 g/mol. The number of rotatable bonds is 5. The lowest BCUT2D eigenvalue weighted by molar-refractivity contribution is 0.174. The number of fused-ring (bicyclic) bond motifs is 4. The van der Waals surface area contributed by atoms with Crippen LogP contribution in [-0.4, -0.2) is 19.9 Å². The lowest BCUT2D eigenvalue weighted by Gasteiger charge is -2.39. The summed E-state index contributed by atoms with van der Waals surface area (Å²) in [6, 6.07) is 21.1. The number of hydrogen-bond donors (Lipinski definition) is 2. The van der Waals surface area contributed by atoms with E-state index in [0.717, 1.165) is 35.4 Å². The molecule has 3 unspecified atom stereocenters. The molecular formula is C26H26ClN3O3. The van der Waals surface area contributed by atoms with Gasteiger partial charge < -0.3 is 19.1 Å². The predicted molar refractivity (Wildman–Crippen MR) is 128 cm³/mol. The highest BCUT2D eigenvalue weighted by Crippen LogP contribution is 2.47. The van der Waals surface area contributed by atoms with Gasteiger partial charge in [-0.15, -0.1) is 0 Å². The van der Waals surface area contributed by atoms with E-state index < -0.39 is 0 Å². The number of nitrogens with one attached hydrogen (secondary N) is 2. The Morgan fingerprint density at radius 1 is 0.970 bits per heavy atom. The van der Waals surface area contributed by atoms with Crippen LogP contribution in [0.1, 0.15) is 35.7 Å². The third-order valence-electron chi connectivity index (χ3n) is 6.71. The molecule has 0 bridgehead atoms. The first kappa shape index (κ1) is 20.7. The number of halogens is 1. The van der Waals surface area contributed by atoms with Crippen LogP contribution in [0.2, 0.25) is 5.02 Å². The standard InChI is InChI=1S/C26H26ClN3O3/c1-2-31-19-8-9-22-20(12-19)26-21(14-30(22)13-16-3-6-18(27)7-4-16)25(28-29-26)17-5-10-23-24(11-17)33-15-32-23/h3-12,21,25-26,28-29H,2,13-15H2,1H3. The van der Waals surface area contributed by atoms with Gasteiger partial charge in [0.1, 0.15) is 5.75 Å². The van der Waals surface area contributed by atoms with Gasteiger partial charge in [0.05, 0.1) is 18.7 Å². The Kier molecular flexibility index (Phi) is 5.29. The fourth-order valence-corrected chi connectivity index (χ4v) is 5.31. The second-order valence-corrected chi connectivity index (χ2v) is 9.12. The molecule has 170 valence electrons. The number of hydrogen-bond acceptors (Lipinski definition) is 6. The van der Waals surface area contributed by atoms with Gasteiger partial charge in [-0.3, -0.25) is 0 Å². The predicted octanol–water partition coefficient (Wildman–Crippen LogP) is 4.99. The SMILES string of the molecule is CCOc1ccc2c(c1)C1NNC(c3ccc4c(c3)OCO4)C1CN2Cc1ccc(Cl)cc1. The smallest absolute Gasteiger partial charge is 0.231 e. The van der Waals surface area contributed by atoms with Crippen LogP contribution in [0.4, 0.5) is 5.69 Å². The molecular weight excluding hydrogens is 438 g/mol. The maximum Gasteiger partial charge on any atom is 0.231 e. The van der Waals surface area contributed by atoms with E-state index in [1.165, 1.54) is 22.4 Å². The molecule has 6 rings (SSSR count). The largest absolute Gasteiger partial charge is 0.494 e. The van der Waals surface area contributed by atoms with Crippen LogP contribution in [-0.2, 0) is 6.54 Å². The van der Waals surface area contributed by atoms with Crippen molar-refractivity contribution in [3.8, 4) is 17.2 Å². The van der Waals surface area contributed by atoms with Crippen LogP contribution >= 0.6 is 11.6 Å². The van der Waals surface area contributed by atoms with Gasteiger partial charge in [0.2, 0.25) is 6.79 Å². The molecule has 7 heteroatoms. The van der Waals surface area contributed by atoms with Gasteiger partial charge in [-0.25, -0.2) is 10.9 Å². The first-order chi connectivity index (χ1) is 16.2. The maximum atomic E-state index is 6.12. The quantitative estimate of drug-likeness (QED) is 0.555. The van der Waals surface area contributed by atoms with Crippen molar-refractivity contribution >= 4 is 17.3 Å². The van der Waals surface area contributed by atoms with E-state index in [1.807, 2.05) is 25.1 Å². The fraction of sp³-hybridized carbons (Fsp3) is 0.308. The molecule has 1 saturated heterocycles. The van der Waals surface area contributed by atoms with E-state index in [9.17, 15) is 0 Å². The summed E-state index contributed by atoms with van der Waals surface area (Å²) in [5.74, 6) is 2.84. The summed E-state index contributed by atoms with van der Waals surface area (Å²) in [4.78, 5) is 2.46. The summed E-state index contributed by atoms with van der Waals surface area (Å²) >= 11 is 6.12. The van der Waals surface area contributed by atoms with Crippen LogP contribution in [0, 0.1) is 5.92 Å². The molecule has 33 heavy (non-hydrogen) atoms. The Bertz CT molecular complexity index is 1170. The highest BCUT2D eigenvalue weighted by molar-refractivity contribution is 6.30. The van der Waals surface area contributed by atoms with Crippen LogP contribution in [0.15, 0.2) is 60.7 Å². The molecule has 0 aromatic heterocycles. The Morgan fingerprint density at radius 3 is 2.64 bits per heavy atom. The molecule has 3 aliphatic heterocycles. The summed E-state index contributed by atoms with van der Waals surface area (Å²) in [5, 5.41) is 0.756. The van der Waals surface area contributed by atoms with Gasteiger partial charge in [-0.1, -0.05) is 29.8 Å². The van der Waals surface area contributed by atoms with Crippen molar-refractivity contribution in [2.24, 2.45) is 5.92 Å². The lowest BCUT2D eigenvalue weighted by Crippen LogP contribution is -2.39. The molecule has 0 saturated carbocycles. The minimum absolute atomic E-state index is 0.140. The molecule has 3 aromatic rings. The molecule has 6 nitrogen and oxygen atoms in total. The van der Waals surface area contributed by atoms with Crippen LogP contribution in [0.25, 0.3) is 0 Å². The van der Waals surface area contributed by atoms with Crippen LogP contribution in [0.5, 0.6) is 17.2 Å². The number of benzene rings is 3. The zero-order chi connectivity index (χ0) is 22.4. The summed E-state index contributed by atoms with van der Waals surface area (Å²) < 4.78 is 17.0. The topological polar surface area (TPSA) is 55.0 Å². The molecule has 0 spiro atoms. The number of hydrazine groups is 1. The lowest BCUT2D eigenvalue weighted by atomic mass is 9.81. The van der Waals surface area contributed by atoms with E-state index in [0.29, 0.717) is 12.5 Å². The average Bonchev–Trinajstić information content (AvgIpc) is 3.47. The fourth-order valence-electron chi connectivity index (χ4n) is 5.18. The third-order valence-corrected chi connectivity index (χ3v) is 6.96. The molecule has 0 amide bonds. The van der Waals surface area contributed by atoms with Crippen molar-refractivity contribution in [1.82, 2.24) is 10.9 Å². The third kappa shape index (κ3) is 3.78. The first-order valence-electron chi connectivity index (χ1n) is 11.4. The van der Waals surface area contributed by atoms with Gasteiger partial charge in [0.25, 0.3) is 0 Å². The Labute approximate surface area is 198 Å². The summed E-state index contributed by atoms with van der Waals surface area (Å²) in [6.07, 6.45) is 0. The highest BCUT2D eigenvalue weighted by Gasteiger charge is 2.43. The molecule has 3 aliphatic rings. The number of anilines is 1. The van der Waals surface area contributed by atoms with E-state index in [2.05, 4.69) is 58.2 Å². The Balaban J connectivity index is 1.36. The van der Waals surface area contributed by atoms with Crippen molar-refractivity contribution in [1.29, 1.82) is 0 Å². The van der Waals surface area contributed by atoms with Gasteiger partial charge in [0, 0.05) is 29.7 Å². The van der Waals surface area contributed by atoms with Gasteiger partial charge >= 0.3 is 0 Å². The van der Waals surface area contributed by atoms with Crippen LogP contribution in [0.3, 0.4) is 0 Å². The molecule has 0 radical (unpaired) electrons. The summed E-state index contributed by atoms with van der Waals surface area (Å²) in [6.45, 7) is 4.67. The minimum Gasteiger partial charge on any atom is -0.494 e. The maximum absolute atomic E-state index is 6.12. The number of ether oxygens (including phenoxy) is 3. The molecule has 0 aliphatic carbocycles. The van der Waals surface area contributed by atoms with Crippen molar-refractivity contribution in [2.45, 2.75) is 25.6 Å². The van der Waals surface area contributed by atoms with Crippen molar-refractivity contribution < 1.29 is 14.2 Å². The van der Waals surface area contributed by atoms with Gasteiger partial charge in [-0.05, 0) is 66.1 Å². The number of nitrogens with zero attached hydrogens (tertiary/aromatic N) is 1. The molecule has 3 aromatic carbocycles. The van der Waals surface area contributed by atoms with E-state index in [-0.39, 0.29) is 18.9 Å². The van der Waals surface area contributed by atoms with Crippen molar-refractivity contribution in [3.63, 3.8) is 0 Å². The van der Waals surface area contributed by atoms with Crippen molar-refractivity contribution in [3.05, 3.63) is 82.4 Å². The first-order valence-corrected chi connectivity index (χ1v) is 11.7. The van der Waals surface area contributed by atoms with Crippen LogP contribution < -0.4 is 30.0 Å². The summed E-state index contributed by atoms with van der Waals surface area (Å²) in [7, 11) is 0. The minimum atomic E-state index is 0.140. The summed E-state index contributed by atoms with van der Waals surface area (Å²) in [5.41, 5.74) is 12.0. The average molecular weight is 464 g/mol. The zero-order valence-electron chi connectivity index (χ0n) is 18.4. The second kappa shape index (κ2) is 8.45. The van der Waals surface area contributed by atoms with E-state index in [1.54, 1.807) is 0 Å². The Hall–Kier alpha value is -2.93. The van der Waals surface area contributed by atoms with E-state index in [4.69, 9.17) is 25.8 Å². The van der Waals surface area contributed by atoms with E-state index >= 15 is 0 Å². The highest BCUT2D eigenvalue weighted by atomic mass is 35.5. The molecule has 3 atom stereocenters. The molecule has 3 heterocycles.